The van der Waals surface area contributed by atoms with E-state index in [0.717, 1.165) is 18.4 Å². The molecule has 1 aliphatic carbocycles. The van der Waals surface area contributed by atoms with Crippen LogP contribution in [0.15, 0.2) is 12.4 Å². The van der Waals surface area contributed by atoms with Crippen LogP contribution >= 0.6 is 12.4 Å². The lowest BCUT2D eigenvalue weighted by molar-refractivity contribution is -0.172. The fraction of sp³-hybridized carbons (Fsp3) is 0.750. The van der Waals surface area contributed by atoms with Crippen LogP contribution in [-0.2, 0) is 11.8 Å². The number of alkyl halides is 3. The van der Waals surface area contributed by atoms with Gasteiger partial charge in [-0.15, -0.1) is 12.4 Å². The van der Waals surface area contributed by atoms with Crippen molar-refractivity contribution in [3.8, 4) is 0 Å². The monoisotopic (exact) mass is 380 g/mol. The lowest BCUT2D eigenvalue weighted by atomic mass is 9.89. The van der Waals surface area contributed by atoms with Gasteiger partial charge in [-0.25, -0.2) is 0 Å². The molecule has 3 rings (SSSR count). The second kappa shape index (κ2) is 7.95. The molecule has 2 aliphatic rings. The first-order valence-corrected chi connectivity index (χ1v) is 8.42. The Labute approximate surface area is 151 Å². The van der Waals surface area contributed by atoms with E-state index >= 15 is 0 Å². The molecule has 1 aromatic heterocycles. The zero-order chi connectivity index (χ0) is 17.3. The molecule has 1 unspecified atom stereocenters. The van der Waals surface area contributed by atoms with Gasteiger partial charge in [0.1, 0.15) is 6.04 Å². The van der Waals surface area contributed by atoms with Gasteiger partial charge in [-0.05, 0) is 24.3 Å². The van der Waals surface area contributed by atoms with E-state index in [1.54, 1.807) is 17.9 Å². The van der Waals surface area contributed by atoms with Crippen LogP contribution in [0.3, 0.4) is 0 Å². The van der Waals surface area contributed by atoms with Crippen LogP contribution in [0.25, 0.3) is 0 Å². The Hall–Kier alpha value is -1.28. The summed E-state index contributed by atoms with van der Waals surface area (Å²) in [5.41, 5.74) is 0.882. The van der Waals surface area contributed by atoms with Crippen molar-refractivity contribution >= 4 is 18.3 Å². The van der Waals surface area contributed by atoms with Gasteiger partial charge in [-0.1, -0.05) is 12.8 Å². The van der Waals surface area contributed by atoms with E-state index in [1.165, 1.54) is 0 Å². The second-order valence-corrected chi connectivity index (χ2v) is 6.89. The van der Waals surface area contributed by atoms with Gasteiger partial charge in [0.25, 0.3) is 0 Å². The molecule has 1 aromatic rings. The third-order valence-corrected chi connectivity index (χ3v) is 5.23. The van der Waals surface area contributed by atoms with E-state index in [4.69, 9.17) is 0 Å². The summed E-state index contributed by atoms with van der Waals surface area (Å²) in [6.07, 6.45) is 1.75. The SMILES string of the molecule is Cl.Cn1cc([C@H]2CNC[C@@H]2C(=O)NC(C2CCCC2)C(F)(F)F)cn1. The summed E-state index contributed by atoms with van der Waals surface area (Å²) in [6, 6.07) is -1.73. The first kappa shape index (κ1) is 20.0. The van der Waals surface area contributed by atoms with Crippen molar-refractivity contribution < 1.29 is 18.0 Å². The van der Waals surface area contributed by atoms with Gasteiger partial charge in [0.15, 0.2) is 0 Å². The molecule has 25 heavy (non-hydrogen) atoms. The van der Waals surface area contributed by atoms with Crippen molar-refractivity contribution in [1.29, 1.82) is 0 Å². The summed E-state index contributed by atoms with van der Waals surface area (Å²) < 4.78 is 41.8. The van der Waals surface area contributed by atoms with Crippen LogP contribution in [0.1, 0.15) is 37.2 Å². The number of amides is 1. The van der Waals surface area contributed by atoms with Crippen molar-refractivity contribution in [2.45, 2.75) is 43.8 Å². The number of rotatable bonds is 4. The third-order valence-electron chi connectivity index (χ3n) is 5.23. The van der Waals surface area contributed by atoms with Crippen molar-refractivity contribution in [2.75, 3.05) is 13.1 Å². The van der Waals surface area contributed by atoms with Crippen molar-refractivity contribution in [1.82, 2.24) is 20.4 Å². The highest BCUT2D eigenvalue weighted by atomic mass is 35.5. The molecule has 0 bridgehead atoms. The minimum absolute atomic E-state index is 0. The van der Waals surface area contributed by atoms with Crippen molar-refractivity contribution in [2.24, 2.45) is 18.9 Å². The molecule has 2 N–H and O–H groups in total. The van der Waals surface area contributed by atoms with Gasteiger partial charge in [0.05, 0.1) is 12.1 Å². The second-order valence-electron chi connectivity index (χ2n) is 6.89. The van der Waals surface area contributed by atoms with E-state index in [0.29, 0.717) is 25.9 Å². The van der Waals surface area contributed by atoms with Crippen molar-refractivity contribution in [3.63, 3.8) is 0 Å². The zero-order valence-corrected chi connectivity index (χ0v) is 14.9. The van der Waals surface area contributed by atoms with Gasteiger partial charge >= 0.3 is 6.18 Å². The van der Waals surface area contributed by atoms with Crippen LogP contribution in [0.2, 0.25) is 0 Å². The van der Waals surface area contributed by atoms with Crippen LogP contribution in [0.5, 0.6) is 0 Å². The molecule has 1 saturated carbocycles. The quantitative estimate of drug-likeness (QED) is 0.843. The summed E-state index contributed by atoms with van der Waals surface area (Å²) in [5, 5.41) is 9.53. The number of halogens is 4. The number of hydrogen-bond acceptors (Lipinski definition) is 3. The Morgan fingerprint density at radius 3 is 2.60 bits per heavy atom. The number of hydrogen-bond donors (Lipinski definition) is 2. The molecule has 0 aromatic carbocycles. The maximum atomic E-state index is 13.4. The zero-order valence-electron chi connectivity index (χ0n) is 14.1. The molecule has 2 heterocycles. The molecule has 1 saturated heterocycles. The fourth-order valence-corrected chi connectivity index (χ4v) is 3.95. The predicted octanol–water partition coefficient (Wildman–Crippen LogP) is 2.38. The van der Waals surface area contributed by atoms with E-state index in [2.05, 4.69) is 15.7 Å². The van der Waals surface area contributed by atoms with E-state index in [-0.39, 0.29) is 18.3 Å². The van der Waals surface area contributed by atoms with Gasteiger partial charge < -0.3 is 10.6 Å². The summed E-state index contributed by atoms with van der Waals surface area (Å²) >= 11 is 0. The summed E-state index contributed by atoms with van der Waals surface area (Å²) in [5.74, 6) is -1.65. The molecular weight excluding hydrogens is 357 g/mol. The number of carbonyl (C=O) groups is 1. The number of aromatic nitrogens is 2. The Kier molecular flexibility index (Phi) is 6.37. The molecule has 3 atom stereocenters. The standard InChI is InChI=1S/C16H23F3N4O.ClH/c1-23-9-11(6-21-23)12-7-20-8-13(12)15(24)22-14(16(17,18)19)10-4-2-3-5-10;/h6,9-10,12-14,20H,2-5,7-8H2,1H3,(H,22,24);1H/t12-,13+,14?;/m1./s1. The molecule has 1 amide bonds. The first-order chi connectivity index (χ1) is 11.4. The van der Waals surface area contributed by atoms with Gasteiger partial charge in [-0.3, -0.25) is 9.48 Å². The molecule has 2 fully saturated rings. The number of nitrogens with zero attached hydrogens (tertiary/aromatic N) is 2. The lowest BCUT2D eigenvalue weighted by Gasteiger charge is -2.29. The number of nitrogens with one attached hydrogen (secondary N) is 2. The first-order valence-electron chi connectivity index (χ1n) is 8.42. The Morgan fingerprint density at radius 2 is 2.04 bits per heavy atom. The Morgan fingerprint density at radius 1 is 1.36 bits per heavy atom. The van der Waals surface area contributed by atoms with Gasteiger partial charge in [0, 0.05) is 32.3 Å². The van der Waals surface area contributed by atoms with Crippen molar-refractivity contribution in [3.05, 3.63) is 18.0 Å². The molecular formula is C16H24ClF3N4O. The minimum atomic E-state index is -4.40. The van der Waals surface area contributed by atoms with Crippen LogP contribution < -0.4 is 10.6 Å². The largest absolute Gasteiger partial charge is 0.408 e. The highest BCUT2D eigenvalue weighted by Crippen LogP contribution is 2.36. The molecule has 0 radical (unpaired) electrons. The third kappa shape index (κ3) is 4.47. The number of carbonyl (C=O) groups excluding carboxylic acids is 1. The number of aryl methyl sites for hydroxylation is 1. The van der Waals surface area contributed by atoms with Crippen LogP contribution in [-0.4, -0.2) is 41.0 Å². The smallest absolute Gasteiger partial charge is 0.344 e. The highest BCUT2D eigenvalue weighted by molar-refractivity contribution is 5.85. The fourth-order valence-electron chi connectivity index (χ4n) is 3.95. The molecule has 1 aliphatic heterocycles. The molecule has 9 heteroatoms. The Bertz CT molecular complexity index is 586. The van der Waals surface area contributed by atoms with Crippen LogP contribution in [0, 0.1) is 11.8 Å². The van der Waals surface area contributed by atoms with Crippen LogP contribution in [0.4, 0.5) is 13.2 Å². The maximum absolute atomic E-state index is 13.4. The van der Waals surface area contributed by atoms with E-state index < -0.39 is 30.0 Å². The molecule has 5 nitrogen and oxygen atoms in total. The average Bonchev–Trinajstić information content (AvgIpc) is 3.23. The van der Waals surface area contributed by atoms with E-state index in [9.17, 15) is 18.0 Å². The van der Waals surface area contributed by atoms with E-state index in [1.807, 2.05) is 6.20 Å². The predicted molar refractivity (Wildman–Crippen MR) is 89.5 cm³/mol. The summed E-state index contributed by atoms with van der Waals surface area (Å²) in [7, 11) is 1.78. The van der Waals surface area contributed by atoms with Gasteiger partial charge in [-0.2, -0.15) is 18.3 Å². The molecule has 0 spiro atoms. The minimum Gasteiger partial charge on any atom is -0.344 e. The van der Waals surface area contributed by atoms with Gasteiger partial charge in [0.2, 0.25) is 5.91 Å². The normalized spacial score (nSPS) is 25.6. The molecule has 142 valence electrons. The lowest BCUT2D eigenvalue weighted by Crippen LogP contribution is -2.52. The summed E-state index contributed by atoms with van der Waals surface area (Å²) in [6.45, 7) is 0.963. The Balaban J connectivity index is 0.00000225. The summed E-state index contributed by atoms with van der Waals surface area (Å²) in [4.78, 5) is 12.6. The highest BCUT2D eigenvalue weighted by Gasteiger charge is 2.47. The average molecular weight is 381 g/mol. The topological polar surface area (TPSA) is 59.0 Å². The maximum Gasteiger partial charge on any atom is 0.408 e.